The summed E-state index contributed by atoms with van der Waals surface area (Å²) >= 11 is 0. The molecule has 1 amide bonds. The van der Waals surface area contributed by atoms with Crippen LogP contribution in [0.15, 0.2) is 10.9 Å². The standard InChI is InChI=1S/C9H16N4O2/c1-3-13(2)9(14)6-10-5-4-8-11-7-12-15-8/h7,10H,3-6H2,1-2H3. The number of hydrogen-bond donors (Lipinski definition) is 1. The normalized spacial score (nSPS) is 10.3. The zero-order valence-corrected chi connectivity index (χ0v) is 9.06. The Balaban J connectivity index is 2.09. The van der Waals surface area contributed by atoms with Crippen LogP contribution in [0.5, 0.6) is 0 Å². The lowest BCUT2D eigenvalue weighted by Crippen LogP contribution is -2.36. The molecule has 15 heavy (non-hydrogen) atoms. The Bertz CT molecular complexity index is 286. The number of nitrogens with zero attached hydrogens (tertiary/aromatic N) is 3. The van der Waals surface area contributed by atoms with Crippen LogP contribution in [0, 0.1) is 0 Å². The third-order valence-corrected chi connectivity index (χ3v) is 2.10. The van der Waals surface area contributed by atoms with Crippen LogP contribution in [0.25, 0.3) is 0 Å². The molecule has 0 bridgehead atoms. The Morgan fingerprint density at radius 3 is 3.07 bits per heavy atom. The molecule has 0 fully saturated rings. The molecule has 6 heteroatoms. The lowest BCUT2D eigenvalue weighted by Gasteiger charge is -2.14. The van der Waals surface area contributed by atoms with Crippen molar-refractivity contribution in [3.63, 3.8) is 0 Å². The van der Waals surface area contributed by atoms with Crippen molar-refractivity contribution >= 4 is 5.91 Å². The summed E-state index contributed by atoms with van der Waals surface area (Å²) in [5, 5.41) is 6.51. The van der Waals surface area contributed by atoms with Crippen molar-refractivity contribution in [1.29, 1.82) is 0 Å². The van der Waals surface area contributed by atoms with Gasteiger partial charge >= 0.3 is 0 Å². The molecule has 0 aliphatic rings. The monoisotopic (exact) mass is 212 g/mol. The van der Waals surface area contributed by atoms with Crippen molar-refractivity contribution in [3.05, 3.63) is 12.2 Å². The van der Waals surface area contributed by atoms with Crippen molar-refractivity contribution in [3.8, 4) is 0 Å². The van der Waals surface area contributed by atoms with Crippen molar-refractivity contribution in [2.24, 2.45) is 0 Å². The minimum Gasteiger partial charge on any atom is -0.345 e. The maximum atomic E-state index is 11.3. The molecular weight excluding hydrogens is 196 g/mol. The third kappa shape index (κ3) is 4.07. The Hall–Kier alpha value is -1.43. The first-order chi connectivity index (χ1) is 7.24. The van der Waals surface area contributed by atoms with E-state index in [0.29, 0.717) is 25.4 Å². The number of rotatable bonds is 6. The maximum absolute atomic E-state index is 11.3. The summed E-state index contributed by atoms with van der Waals surface area (Å²) in [4.78, 5) is 16.9. The highest BCUT2D eigenvalue weighted by molar-refractivity contribution is 5.77. The number of carbonyl (C=O) groups excluding carboxylic acids is 1. The van der Waals surface area contributed by atoms with Gasteiger partial charge in [-0.05, 0) is 6.92 Å². The van der Waals surface area contributed by atoms with E-state index in [4.69, 9.17) is 4.52 Å². The van der Waals surface area contributed by atoms with Gasteiger partial charge in [0.2, 0.25) is 11.8 Å². The fraction of sp³-hybridized carbons (Fsp3) is 0.667. The van der Waals surface area contributed by atoms with Crippen LogP contribution in [-0.2, 0) is 11.2 Å². The van der Waals surface area contributed by atoms with Crippen LogP contribution in [0.1, 0.15) is 12.8 Å². The Morgan fingerprint density at radius 2 is 2.47 bits per heavy atom. The molecule has 0 saturated heterocycles. The summed E-state index contributed by atoms with van der Waals surface area (Å²) in [5.41, 5.74) is 0. The molecule has 0 atom stereocenters. The maximum Gasteiger partial charge on any atom is 0.236 e. The molecule has 1 heterocycles. The van der Waals surface area contributed by atoms with Gasteiger partial charge in [0.05, 0.1) is 6.54 Å². The second-order valence-electron chi connectivity index (χ2n) is 3.17. The van der Waals surface area contributed by atoms with Gasteiger partial charge in [0.1, 0.15) is 0 Å². The van der Waals surface area contributed by atoms with Crippen LogP contribution in [0.2, 0.25) is 0 Å². The smallest absolute Gasteiger partial charge is 0.236 e. The number of hydrogen-bond acceptors (Lipinski definition) is 5. The molecule has 6 nitrogen and oxygen atoms in total. The van der Waals surface area contributed by atoms with Gasteiger partial charge in [-0.3, -0.25) is 4.79 Å². The quantitative estimate of drug-likeness (QED) is 0.654. The largest absolute Gasteiger partial charge is 0.345 e. The number of likely N-dealkylation sites (N-methyl/N-ethyl adjacent to an activating group) is 1. The van der Waals surface area contributed by atoms with E-state index in [0.717, 1.165) is 6.54 Å². The predicted molar refractivity (Wildman–Crippen MR) is 54.2 cm³/mol. The molecule has 84 valence electrons. The molecular formula is C9H16N4O2. The number of amides is 1. The van der Waals surface area contributed by atoms with Crippen LogP contribution in [-0.4, -0.2) is 47.6 Å². The van der Waals surface area contributed by atoms with E-state index in [9.17, 15) is 4.79 Å². The minimum absolute atomic E-state index is 0.0861. The van der Waals surface area contributed by atoms with Gasteiger partial charge in [-0.2, -0.15) is 4.98 Å². The van der Waals surface area contributed by atoms with Crippen molar-refractivity contribution in [1.82, 2.24) is 20.4 Å². The summed E-state index contributed by atoms with van der Waals surface area (Å²) in [5.74, 6) is 0.668. The molecule has 0 aromatic carbocycles. The third-order valence-electron chi connectivity index (χ3n) is 2.10. The number of carbonyl (C=O) groups is 1. The summed E-state index contributed by atoms with van der Waals surface area (Å²) in [6.45, 7) is 3.67. The summed E-state index contributed by atoms with van der Waals surface area (Å²) in [6, 6.07) is 0. The van der Waals surface area contributed by atoms with Crippen LogP contribution >= 0.6 is 0 Å². The zero-order valence-electron chi connectivity index (χ0n) is 9.06. The predicted octanol–water partition coefficient (Wildman–Crippen LogP) is -0.320. The average molecular weight is 212 g/mol. The topological polar surface area (TPSA) is 71.3 Å². The van der Waals surface area contributed by atoms with E-state index < -0.39 is 0 Å². The molecule has 1 aromatic rings. The SMILES string of the molecule is CCN(C)C(=O)CNCCc1ncno1. The van der Waals surface area contributed by atoms with Gasteiger partial charge < -0.3 is 14.7 Å². The van der Waals surface area contributed by atoms with Gasteiger partial charge in [0.25, 0.3) is 0 Å². The van der Waals surface area contributed by atoms with Crippen molar-refractivity contribution in [2.45, 2.75) is 13.3 Å². The van der Waals surface area contributed by atoms with Gasteiger partial charge in [-0.25, -0.2) is 0 Å². The van der Waals surface area contributed by atoms with E-state index >= 15 is 0 Å². The lowest BCUT2D eigenvalue weighted by molar-refractivity contribution is -0.128. The first-order valence-corrected chi connectivity index (χ1v) is 4.94. The van der Waals surface area contributed by atoms with E-state index in [1.807, 2.05) is 6.92 Å². The highest BCUT2D eigenvalue weighted by Crippen LogP contribution is 1.90. The van der Waals surface area contributed by atoms with Crippen LogP contribution < -0.4 is 5.32 Å². The second kappa shape index (κ2) is 6.13. The Morgan fingerprint density at radius 1 is 1.67 bits per heavy atom. The molecule has 0 unspecified atom stereocenters. The van der Waals surface area contributed by atoms with Gasteiger partial charge in [-0.1, -0.05) is 5.16 Å². The lowest BCUT2D eigenvalue weighted by atomic mass is 10.4. The average Bonchev–Trinajstić information content (AvgIpc) is 2.75. The highest BCUT2D eigenvalue weighted by atomic mass is 16.5. The summed E-state index contributed by atoms with van der Waals surface area (Å²) in [7, 11) is 1.78. The van der Waals surface area contributed by atoms with Crippen LogP contribution in [0.3, 0.4) is 0 Å². The van der Waals surface area contributed by atoms with E-state index in [2.05, 4.69) is 15.5 Å². The zero-order chi connectivity index (χ0) is 11.1. The molecule has 0 spiro atoms. The highest BCUT2D eigenvalue weighted by Gasteiger charge is 2.05. The Labute approximate surface area is 88.6 Å². The molecule has 0 radical (unpaired) electrons. The fourth-order valence-electron chi connectivity index (χ4n) is 1.01. The molecule has 0 aliphatic heterocycles. The molecule has 1 aromatic heterocycles. The molecule has 0 aliphatic carbocycles. The van der Waals surface area contributed by atoms with E-state index in [1.165, 1.54) is 6.33 Å². The Kier molecular flexibility index (Phi) is 4.76. The van der Waals surface area contributed by atoms with Gasteiger partial charge in [0.15, 0.2) is 6.33 Å². The minimum atomic E-state index is 0.0861. The van der Waals surface area contributed by atoms with E-state index in [1.54, 1.807) is 11.9 Å². The summed E-state index contributed by atoms with van der Waals surface area (Å²) < 4.78 is 4.81. The van der Waals surface area contributed by atoms with Gasteiger partial charge in [0, 0.05) is 26.6 Å². The molecule has 1 rings (SSSR count). The van der Waals surface area contributed by atoms with Crippen molar-refractivity contribution in [2.75, 3.05) is 26.7 Å². The first kappa shape index (κ1) is 11.6. The van der Waals surface area contributed by atoms with Crippen LogP contribution in [0.4, 0.5) is 0 Å². The first-order valence-electron chi connectivity index (χ1n) is 4.94. The number of nitrogens with one attached hydrogen (secondary N) is 1. The van der Waals surface area contributed by atoms with Crippen molar-refractivity contribution < 1.29 is 9.32 Å². The molecule has 0 saturated carbocycles. The van der Waals surface area contributed by atoms with E-state index in [-0.39, 0.29) is 5.91 Å². The second-order valence-corrected chi connectivity index (χ2v) is 3.17. The molecule has 1 N–H and O–H groups in total. The number of aromatic nitrogens is 2. The fourth-order valence-corrected chi connectivity index (χ4v) is 1.01. The van der Waals surface area contributed by atoms with Gasteiger partial charge in [-0.15, -0.1) is 0 Å². The summed E-state index contributed by atoms with van der Waals surface area (Å²) in [6.07, 6.45) is 2.01.